The first kappa shape index (κ1) is 13.3. The van der Waals surface area contributed by atoms with E-state index >= 15 is 0 Å². The van der Waals surface area contributed by atoms with Crippen LogP contribution in [0.15, 0.2) is 0 Å². The van der Waals surface area contributed by atoms with Crippen molar-refractivity contribution in [1.29, 1.82) is 0 Å². The molecule has 1 atom stereocenters. The van der Waals surface area contributed by atoms with Crippen molar-refractivity contribution in [3.05, 3.63) is 0 Å². The van der Waals surface area contributed by atoms with Crippen LogP contribution in [0.5, 0.6) is 0 Å². The third kappa shape index (κ3) is 2.38. The molecule has 0 amide bonds. The minimum atomic E-state index is -0.753. The van der Waals surface area contributed by atoms with Gasteiger partial charge in [-0.05, 0) is 25.7 Å². The van der Waals surface area contributed by atoms with Crippen LogP contribution in [0.4, 0.5) is 0 Å². The van der Waals surface area contributed by atoms with E-state index in [0.717, 1.165) is 32.5 Å². The van der Waals surface area contributed by atoms with Gasteiger partial charge in [0.1, 0.15) is 0 Å². The fraction of sp³-hybridized carbons (Fsp3) is 0.923. The van der Waals surface area contributed by atoms with Crippen LogP contribution in [-0.2, 0) is 9.53 Å². The predicted molar refractivity (Wildman–Crippen MR) is 69.4 cm³/mol. The van der Waals surface area contributed by atoms with Crippen LogP contribution in [0, 0.1) is 5.41 Å². The summed E-state index contributed by atoms with van der Waals surface area (Å²) < 4.78 is 5.44. The molecule has 2 heterocycles. The number of nitrogens with one attached hydrogen (secondary N) is 1. The molecule has 2 saturated heterocycles. The molecule has 3 fully saturated rings. The molecule has 6 heteroatoms. The van der Waals surface area contributed by atoms with Crippen LogP contribution in [-0.4, -0.2) is 53.9 Å². The molecule has 1 unspecified atom stereocenters. The molecule has 19 heavy (non-hydrogen) atoms. The molecule has 3 aliphatic rings. The Kier molecular flexibility index (Phi) is 3.51. The average Bonchev–Trinajstić information content (AvgIpc) is 2.34. The van der Waals surface area contributed by atoms with E-state index in [-0.39, 0.29) is 17.9 Å². The highest BCUT2D eigenvalue weighted by Crippen LogP contribution is 2.46. The third-order valence-electron chi connectivity index (χ3n) is 5.10. The van der Waals surface area contributed by atoms with Gasteiger partial charge in [0.25, 0.3) is 0 Å². The first-order chi connectivity index (χ1) is 9.13. The highest BCUT2D eigenvalue weighted by Gasteiger charge is 2.57. The van der Waals surface area contributed by atoms with Gasteiger partial charge in [-0.3, -0.25) is 21.0 Å². The summed E-state index contributed by atoms with van der Waals surface area (Å²) in [6.45, 7) is 2.76. The largest absolute Gasteiger partial charge is 0.481 e. The first-order valence-corrected chi connectivity index (χ1v) is 7.16. The molecule has 0 aromatic rings. The van der Waals surface area contributed by atoms with Crippen molar-refractivity contribution in [3.63, 3.8) is 0 Å². The molecule has 108 valence electrons. The fourth-order valence-corrected chi connectivity index (χ4v) is 3.79. The molecule has 1 saturated carbocycles. The summed E-state index contributed by atoms with van der Waals surface area (Å²) in [6.07, 6.45) is 4.74. The topological polar surface area (TPSA) is 87.8 Å². The quantitative estimate of drug-likeness (QED) is 0.489. The Hall–Kier alpha value is -0.690. The van der Waals surface area contributed by atoms with E-state index in [4.69, 9.17) is 15.7 Å². The number of carbonyl (C=O) groups is 1. The van der Waals surface area contributed by atoms with Crippen molar-refractivity contribution in [2.75, 3.05) is 19.7 Å². The zero-order chi connectivity index (χ0) is 13.5. The molecule has 1 spiro atoms. The van der Waals surface area contributed by atoms with Crippen molar-refractivity contribution < 1.29 is 14.6 Å². The van der Waals surface area contributed by atoms with E-state index in [1.54, 1.807) is 0 Å². The van der Waals surface area contributed by atoms with Gasteiger partial charge in [0.15, 0.2) is 0 Å². The number of nitrogens with two attached hydrogens (primary N) is 1. The number of hydrazine groups is 1. The summed E-state index contributed by atoms with van der Waals surface area (Å²) in [5.41, 5.74) is 3.00. The monoisotopic (exact) mass is 269 g/mol. The van der Waals surface area contributed by atoms with E-state index in [2.05, 4.69) is 10.3 Å². The molecule has 0 aromatic carbocycles. The Bertz CT molecular complexity index is 349. The predicted octanol–water partition coefficient (Wildman–Crippen LogP) is -0.0636. The van der Waals surface area contributed by atoms with Crippen LogP contribution in [0.2, 0.25) is 0 Å². The van der Waals surface area contributed by atoms with Crippen LogP contribution in [0.1, 0.15) is 32.1 Å². The summed E-state index contributed by atoms with van der Waals surface area (Å²) in [5.74, 6) is 4.72. The van der Waals surface area contributed by atoms with Gasteiger partial charge in [-0.1, -0.05) is 0 Å². The Morgan fingerprint density at radius 3 is 2.53 bits per heavy atom. The Labute approximate surface area is 113 Å². The molecule has 4 N–H and O–H groups in total. The van der Waals surface area contributed by atoms with Crippen LogP contribution in [0.3, 0.4) is 0 Å². The van der Waals surface area contributed by atoms with Gasteiger partial charge >= 0.3 is 5.97 Å². The van der Waals surface area contributed by atoms with Gasteiger partial charge in [0.2, 0.25) is 0 Å². The summed E-state index contributed by atoms with van der Waals surface area (Å²) in [5, 5.41) is 8.86. The minimum absolute atomic E-state index is 0.0664. The Morgan fingerprint density at radius 1 is 1.37 bits per heavy atom. The lowest BCUT2D eigenvalue weighted by Crippen LogP contribution is -2.72. The normalized spacial score (nSPS) is 37.6. The van der Waals surface area contributed by atoms with E-state index in [1.807, 2.05) is 0 Å². The van der Waals surface area contributed by atoms with Gasteiger partial charge < -0.3 is 9.84 Å². The maximum atomic E-state index is 10.8. The second kappa shape index (κ2) is 5.01. The number of rotatable bonds is 4. The molecule has 2 aliphatic heterocycles. The van der Waals surface area contributed by atoms with Crippen molar-refractivity contribution in [2.45, 2.75) is 50.3 Å². The van der Waals surface area contributed by atoms with Crippen LogP contribution in [0.25, 0.3) is 0 Å². The highest BCUT2D eigenvalue weighted by molar-refractivity contribution is 5.67. The molecular formula is C13H23N3O3. The van der Waals surface area contributed by atoms with Crippen molar-refractivity contribution in [1.82, 2.24) is 10.3 Å². The lowest BCUT2D eigenvalue weighted by Gasteiger charge is -2.62. The van der Waals surface area contributed by atoms with E-state index < -0.39 is 5.97 Å². The number of carboxylic acid groups (broad SMARTS) is 1. The van der Waals surface area contributed by atoms with Crippen LogP contribution < -0.4 is 11.3 Å². The number of aliphatic carboxylic acids is 1. The number of hydrogen-bond acceptors (Lipinski definition) is 5. The maximum Gasteiger partial charge on any atom is 0.306 e. The number of nitrogens with zero attached hydrogens (tertiary/aromatic N) is 1. The first-order valence-electron chi connectivity index (χ1n) is 7.16. The van der Waals surface area contributed by atoms with E-state index in [9.17, 15) is 4.79 Å². The number of likely N-dealkylation sites (tertiary alicyclic amines) is 1. The molecule has 0 radical (unpaired) electrons. The minimum Gasteiger partial charge on any atom is -0.481 e. The molecular weight excluding hydrogens is 246 g/mol. The highest BCUT2D eigenvalue weighted by atomic mass is 16.5. The molecule has 1 aliphatic carbocycles. The lowest BCUT2D eigenvalue weighted by atomic mass is 9.69. The molecule has 3 rings (SSSR count). The molecule has 0 aromatic heterocycles. The third-order valence-corrected chi connectivity index (χ3v) is 5.10. The smallest absolute Gasteiger partial charge is 0.306 e. The van der Waals surface area contributed by atoms with Gasteiger partial charge in [-0.25, -0.2) is 0 Å². The van der Waals surface area contributed by atoms with Gasteiger partial charge in [0.05, 0.1) is 19.1 Å². The molecule has 6 nitrogen and oxygen atoms in total. The Balaban J connectivity index is 1.46. The van der Waals surface area contributed by atoms with Gasteiger partial charge in [-0.15, -0.1) is 0 Å². The lowest BCUT2D eigenvalue weighted by molar-refractivity contribution is -0.256. The van der Waals surface area contributed by atoms with Crippen molar-refractivity contribution in [3.8, 4) is 0 Å². The number of hydrogen-bond donors (Lipinski definition) is 3. The number of ether oxygens (including phenoxy) is 1. The van der Waals surface area contributed by atoms with Gasteiger partial charge in [-0.2, -0.15) is 0 Å². The second-order valence-corrected chi connectivity index (χ2v) is 6.34. The summed E-state index contributed by atoms with van der Waals surface area (Å²) >= 11 is 0. The van der Waals surface area contributed by atoms with Crippen molar-refractivity contribution in [2.24, 2.45) is 11.3 Å². The van der Waals surface area contributed by atoms with Gasteiger partial charge in [0, 0.05) is 30.6 Å². The fourth-order valence-electron chi connectivity index (χ4n) is 3.79. The standard InChI is InChI=1S/C13H23N3O3/c14-15-9-1-3-10(4-2-9)16-6-13(7-16)8-19-11(13)5-12(17)18/h9-11,15H,1-8,14H2,(H,17,18)/t9-,10-,11?. The summed E-state index contributed by atoms with van der Waals surface area (Å²) in [4.78, 5) is 13.3. The second-order valence-electron chi connectivity index (χ2n) is 6.34. The summed E-state index contributed by atoms with van der Waals surface area (Å²) in [6, 6.07) is 1.12. The zero-order valence-electron chi connectivity index (χ0n) is 11.2. The van der Waals surface area contributed by atoms with E-state index in [1.165, 1.54) is 12.8 Å². The number of carboxylic acids is 1. The van der Waals surface area contributed by atoms with Crippen LogP contribution >= 0.6 is 0 Å². The maximum absolute atomic E-state index is 10.8. The zero-order valence-corrected chi connectivity index (χ0v) is 11.2. The molecule has 0 bridgehead atoms. The average molecular weight is 269 g/mol. The van der Waals surface area contributed by atoms with Crippen molar-refractivity contribution >= 4 is 5.97 Å². The summed E-state index contributed by atoms with van der Waals surface area (Å²) in [7, 11) is 0. The SMILES string of the molecule is NN[C@H]1CC[C@H](N2CC3(COC3CC(=O)O)C2)CC1. The van der Waals surface area contributed by atoms with E-state index in [0.29, 0.717) is 12.1 Å². The Morgan fingerprint density at radius 2 is 2.05 bits per heavy atom.